The topological polar surface area (TPSA) is 59.1 Å². The summed E-state index contributed by atoms with van der Waals surface area (Å²) in [7, 11) is 6.14. The second-order valence-corrected chi connectivity index (χ2v) is 5.66. The van der Waals surface area contributed by atoms with E-state index in [4.69, 9.17) is 5.84 Å². The fraction of sp³-hybridized carbons (Fsp3) is 0.750. The van der Waals surface area contributed by atoms with E-state index in [0.29, 0.717) is 0 Å². The first kappa shape index (κ1) is 15.6. The summed E-state index contributed by atoms with van der Waals surface area (Å²) in [5.74, 6) is 5.84. The molecule has 1 aromatic rings. The molecule has 0 saturated heterocycles. The number of nitrogens with zero attached hydrogens (tertiary/aromatic N) is 3. The van der Waals surface area contributed by atoms with Gasteiger partial charge in [-0.25, -0.2) is 5.43 Å². The van der Waals surface area contributed by atoms with Crippen molar-refractivity contribution >= 4 is 15.9 Å². The number of aryl methyl sites for hydroxylation is 1. The van der Waals surface area contributed by atoms with Crippen LogP contribution in [0.5, 0.6) is 0 Å². The third-order valence-electron chi connectivity index (χ3n) is 4.03. The van der Waals surface area contributed by atoms with Crippen LogP contribution in [0.25, 0.3) is 0 Å². The molecule has 104 valence electrons. The summed E-state index contributed by atoms with van der Waals surface area (Å²) in [5, 5.41) is 4.28. The van der Waals surface area contributed by atoms with Crippen LogP contribution in [0.3, 0.4) is 0 Å². The highest BCUT2D eigenvalue weighted by Gasteiger charge is 2.40. The Bertz CT molecular complexity index is 364. The second kappa shape index (κ2) is 6.14. The molecule has 1 heterocycles. The Labute approximate surface area is 118 Å². The van der Waals surface area contributed by atoms with E-state index in [9.17, 15) is 0 Å². The van der Waals surface area contributed by atoms with E-state index < -0.39 is 0 Å². The van der Waals surface area contributed by atoms with E-state index in [1.807, 2.05) is 17.9 Å². The smallest absolute Gasteiger partial charge is 0.0823 e. The van der Waals surface area contributed by atoms with Crippen molar-refractivity contribution in [1.82, 2.24) is 20.1 Å². The van der Waals surface area contributed by atoms with Gasteiger partial charge in [0, 0.05) is 12.6 Å². The molecular weight excluding hydrogens is 294 g/mol. The first-order valence-electron chi connectivity index (χ1n) is 6.25. The molecule has 0 amide bonds. The molecule has 0 aliphatic carbocycles. The zero-order valence-electron chi connectivity index (χ0n) is 11.9. The quantitative estimate of drug-likeness (QED) is 0.620. The lowest BCUT2D eigenvalue weighted by atomic mass is 9.82. The van der Waals surface area contributed by atoms with E-state index >= 15 is 0 Å². The van der Waals surface area contributed by atoms with E-state index in [2.05, 4.69) is 59.3 Å². The van der Waals surface area contributed by atoms with Gasteiger partial charge in [0.1, 0.15) is 0 Å². The average Bonchev–Trinajstić information content (AvgIpc) is 2.66. The lowest BCUT2D eigenvalue weighted by molar-refractivity contribution is 0.0842. The summed E-state index contributed by atoms with van der Waals surface area (Å²) < 4.78 is 2.86. The van der Waals surface area contributed by atoms with Gasteiger partial charge >= 0.3 is 0 Å². The van der Waals surface area contributed by atoms with Crippen LogP contribution >= 0.6 is 15.9 Å². The van der Waals surface area contributed by atoms with Crippen LogP contribution in [-0.4, -0.2) is 34.3 Å². The van der Waals surface area contributed by atoms with E-state index in [0.717, 1.165) is 23.0 Å². The molecule has 0 bridgehead atoms. The van der Waals surface area contributed by atoms with Gasteiger partial charge in [-0.15, -0.1) is 0 Å². The Morgan fingerprint density at radius 3 is 2.33 bits per heavy atom. The first-order chi connectivity index (χ1) is 8.44. The minimum Gasteiger partial charge on any atom is -0.302 e. The molecule has 6 heteroatoms. The summed E-state index contributed by atoms with van der Waals surface area (Å²) in [6.07, 6.45) is 3.82. The highest BCUT2D eigenvalue weighted by molar-refractivity contribution is 9.10. The maximum Gasteiger partial charge on any atom is 0.0823 e. The molecule has 18 heavy (non-hydrogen) atoms. The number of hydrogen-bond acceptors (Lipinski definition) is 4. The zero-order chi connectivity index (χ0) is 13.9. The van der Waals surface area contributed by atoms with Crippen LogP contribution in [0.4, 0.5) is 0 Å². The molecule has 0 aromatic carbocycles. The summed E-state index contributed by atoms with van der Waals surface area (Å²) in [6, 6.07) is 0.0179. The number of rotatable bonds is 6. The number of nitrogens with two attached hydrogens (primary N) is 1. The molecule has 1 atom stereocenters. The molecule has 1 aromatic heterocycles. The van der Waals surface area contributed by atoms with Crippen LogP contribution in [-0.2, 0) is 7.05 Å². The summed E-state index contributed by atoms with van der Waals surface area (Å²) in [6.45, 7) is 4.39. The van der Waals surface area contributed by atoms with E-state index in [1.165, 1.54) is 0 Å². The molecule has 0 aliphatic heterocycles. The highest BCUT2D eigenvalue weighted by Crippen LogP contribution is 2.37. The maximum absolute atomic E-state index is 5.84. The minimum atomic E-state index is -0.0366. The van der Waals surface area contributed by atoms with Crippen LogP contribution < -0.4 is 11.3 Å². The van der Waals surface area contributed by atoms with E-state index in [-0.39, 0.29) is 11.6 Å². The molecule has 3 N–H and O–H groups in total. The second-order valence-electron chi connectivity index (χ2n) is 4.81. The SMILES string of the molecule is CCC(CC)(C(NN)c1c(Br)cnn1C)N(C)C. The van der Waals surface area contributed by atoms with Crippen molar-refractivity contribution < 1.29 is 0 Å². The van der Waals surface area contributed by atoms with Crippen molar-refractivity contribution in [1.29, 1.82) is 0 Å². The molecular formula is C12H24BrN5. The summed E-state index contributed by atoms with van der Waals surface area (Å²) >= 11 is 3.56. The molecule has 0 fully saturated rings. The minimum absolute atomic E-state index is 0.0179. The van der Waals surface area contributed by atoms with Gasteiger partial charge in [0.25, 0.3) is 0 Å². The van der Waals surface area contributed by atoms with Gasteiger partial charge in [0.05, 0.1) is 22.4 Å². The standard InChI is InChI=1S/C12H24BrN5/c1-6-12(7-2,17(3)4)11(16-14)10-9(13)8-15-18(10)5/h8,11,16H,6-7,14H2,1-5H3. The summed E-state index contributed by atoms with van der Waals surface area (Å²) in [4.78, 5) is 2.25. The Hall–Kier alpha value is -0.430. The number of likely N-dealkylation sites (N-methyl/N-ethyl adjacent to an activating group) is 1. The molecule has 5 nitrogen and oxygen atoms in total. The normalized spacial score (nSPS) is 14.2. The Morgan fingerprint density at radius 2 is 2.06 bits per heavy atom. The van der Waals surface area contributed by atoms with Gasteiger partial charge in [-0.05, 0) is 42.9 Å². The van der Waals surface area contributed by atoms with Gasteiger partial charge in [-0.1, -0.05) is 13.8 Å². The fourth-order valence-corrected chi connectivity index (χ4v) is 3.36. The van der Waals surface area contributed by atoms with Gasteiger partial charge in [0.2, 0.25) is 0 Å². The lowest BCUT2D eigenvalue weighted by Gasteiger charge is -2.44. The highest BCUT2D eigenvalue weighted by atomic mass is 79.9. The van der Waals surface area contributed by atoms with Gasteiger partial charge < -0.3 is 4.90 Å². The van der Waals surface area contributed by atoms with E-state index in [1.54, 1.807) is 0 Å². The van der Waals surface area contributed by atoms with Gasteiger partial charge in [0.15, 0.2) is 0 Å². The average molecular weight is 318 g/mol. The lowest BCUT2D eigenvalue weighted by Crippen LogP contribution is -2.55. The van der Waals surface area contributed by atoms with Gasteiger partial charge in [-0.2, -0.15) is 5.10 Å². The maximum atomic E-state index is 5.84. The Kier molecular flexibility index (Phi) is 5.33. The van der Waals surface area contributed by atoms with Crippen LogP contribution in [0, 0.1) is 0 Å². The number of hydrazine groups is 1. The van der Waals surface area contributed by atoms with Crippen LogP contribution in [0.15, 0.2) is 10.7 Å². The molecule has 1 unspecified atom stereocenters. The third kappa shape index (κ3) is 2.47. The van der Waals surface area contributed by atoms with Crippen LogP contribution in [0.2, 0.25) is 0 Å². The third-order valence-corrected chi connectivity index (χ3v) is 4.64. The zero-order valence-corrected chi connectivity index (χ0v) is 13.5. The number of hydrogen-bond donors (Lipinski definition) is 2. The molecule has 0 saturated carbocycles. The Balaban J connectivity index is 3.31. The molecule has 1 rings (SSSR count). The summed E-state index contributed by atoms with van der Waals surface area (Å²) in [5.41, 5.74) is 4.02. The number of nitrogens with one attached hydrogen (secondary N) is 1. The predicted octanol–water partition coefficient (Wildman–Crippen LogP) is 1.81. The van der Waals surface area contributed by atoms with Crippen LogP contribution in [0.1, 0.15) is 38.4 Å². The predicted molar refractivity (Wildman–Crippen MR) is 78.0 cm³/mol. The molecule has 0 spiro atoms. The van der Waals surface area contributed by atoms with Crippen molar-refractivity contribution in [2.75, 3.05) is 14.1 Å². The molecule has 0 aliphatic rings. The van der Waals surface area contributed by atoms with Crippen molar-refractivity contribution in [3.05, 3.63) is 16.4 Å². The Morgan fingerprint density at radius 1 is 1.50 bits per heavy atom. The fourth-order valence-electron chi connectivity index (χ4n) is 2.78. The van der Waals surface area contributed by atoms with Gasteiger partial charge in [-0.3, -0.25) is 10.5 Å². The van der Waals surface area contributed by atoms with Crippen molar-refractivity contribution in [3.63, 3.8) is 0 Å². The van der Waals surface area contributed by atoms with Crippen molar-refractivity contribution in [2.24, 2.45) is 12.9 Å². The number of aromatic nitrogens is 2. The molecule has 0 radical (unpaired) electrons. The monoisotopic (exact) mass is 317 g/mol. The van der Waals surface area contributed by atoms with Crippen molar-refractivity contribution in [2.45, 2.75) is 38.3 Å². The largest absolute Gasteiger partial charge is 0.302 e. The first-order valence-corrected chi connectivity index (χ1v) is 7.04. The van der Waals surface area contributed by atoms with Crippen molar-refractivity contribution in [3.8, 4) is 0 Å². The number of halogens is 1.